The molecule has 0 fully saturated rings. The third kappa shape index (κ3) is 1.96. The Balaban J connectivity index is 2.57. The average molecular weight is 174 g/mol. The predicted molar refractivity (Wildman–Crippen MR) is 45.7 cm³/mol. The van der Waals surface area contributed by atoms with E-state index in [-0.39, 0.29) is 17.7 Å². The monoisotopic (exact) mass is 173 g/mol. The van der Waals surface area contributed by atoms with Gasteiger partial charge in [-0.1, -0.05) is 6.08 Å². The van der Waals surface area contributed by atoms with Crippen molar-refractivity contribution >= 4 is 17.4 Å². The highest BCUT2D eigenvalue weighted by molar-refractivity contribution is 6.28. The Bertz CT molecular complexity index is 179. The normalized spacial score (nSPS) is 23.8. The van der Waals surface area contributed by atoms with E-state index in [1.807, 2.05) is 18.1 Å². The summed E-state index contributed by atoms with van der Waals surface area (Å²) in [6, 6.07) is 0.0116. The SMILES string of the molecule is CN1C=CCCC1C(=O)CCl. The number of alkyl halides is 1. The van der Waals surface area contributed by atoms with Crippen molar-refractivity contribution in [2.75, 3.05) is 12.9 Å². The van der Waals surface area contributed by atoms with Crippen LogP contribution in [0.2, 0.25) is 0 Å². The largest absolute Gasteiger partial charge is 0.371 e. The van der Waals surface area contributed by atoms with Gasteiger partial charge in [0.05, 0.1) is 11.9 Å². The summed E-state index contributed by atoms with van der Waals surface area (Å²) in [5.41, 5.74) is 0. The van der Waals surface area contributed by atoms with Gasteiger partial charge in [-0.2, -0.15) is 0 Å². The first-order chi connectivity index (χ1) is 5.25. The Hall–Kier alpha value is -0.500. The third-order valence-corrected chi connectivity index (χ3v) is 2.21. The zero-order valence-electron chi connectivity index (χ0n) is 6.59. The van der Waals surface area contributed by atoms with Crippen molar-refractivity contribution in [1.29, 1.82) is 0 Å². The van der Waals surface area contributed by atoms with Gasteiger partial charge in [0.2, 0.25) is 0 Å². The number of carbonyl (C=O) groups excluding carboxylic acids is 1. The molecule has 0 aromatic carbocycles. The fourth-order valence-corrected chi connectivity index (χ4v) is 1.46. The molecule has 0 amide bonds. The van der Waals surface area contributed by atoms with E-state index in [1.54, 1.807) is 0 Å². The lowest BCUT2D eigenvalue weighted by atomic mass is 10.0. The summed E-state index contributed by atoms with van der Waals surface area (Å²) >= 11 is 5.45. The number of rotatable bonds is 2. The summed E-state index contributed by atoms with van der Waals surface area (Å²) in [7, 11) is 1.91. The van der Waals surface area contributed by atoms with Crippen molar-refractivity contribution in [2.24, 2.45) is 0 Å². The van der Waals surface area contributed by atoms with Gasteiger partial charge < -0.3 is 4.90 Å². The van der Waals surface area contributed by atoms with Crippen LogP contribution < -0.4 is 0 Å². The summed E-state index contributed by atoms with van der Waals surface area (Å²) in [6.07, 6.45) is 5.90. The Morgan fingerprint density at radius 1 is 1.82 bits per heavy atom. The molecule has 62 valence electrons. The lowest BCUT2D eigenvalue weighted by molar-refractivity contribution is -0.120. The molecular formula is C8H12ClNO. The third-order valence-electron chi connectivity index (χ3n) is 1.94. The van der Waals surface area contributed by atoms with Crippen LogP contribution in [-0.4, -0.2) is 29.7 Å². The van der Waals surface area contributed by atoms with Gasteiger partial charge in [-0.3, -0.25) is 4.79 Å². The molecule has 0 aromatic heterocycles. The smallest absolute Gasteiger partial charge is 0.169 e. The van der Waals surface area contributed by atoms with Crippen molar-refractivity contribution in [3.8, 4) is 0 Å². The molecule has 0 aliphatic carbocycles. The molecule has 0 saturated heterocycles. The van der Waals surface area contributed by atoms with Gasteiger partial charge >= 0.3 is 0 Å². The first-order valence-electron chi connectivity index (χ1n) is 3.73. The summed E-state index contributed by atoms with van der Waals surface area (Å²) < 4.78 is 0. The molecule has 1 rings (SSSR count). The second-order valence-corrected chi connectivity index (χ2v) is 3.01. The van der Waals surface area contributed by atoms with E-state index in [2.05, 4.69) is 6.08 Å². The quantitative estimate of drug-likeness (QED) is 0.589. The van der Waals surface area contributed by atoms with Gasteiger partial charge in [-0.25, -0.2) is 0 Å². The fourth-order valence-electron chi connectivity index (χ4n) is 1.28. The van der Waals surface area contributed by atoms with Crippen LogP contribution in [0, 0.1) is 0 Å². The van der Waals surface area contributed by atoms with Crippen molar-refractivity contribution in [3.63, 3.8) is 0 Å². The summed E-state index contributed by atoms with van der Waals surface area (Å²) in [5.74, 6) is 0.251. The highest BCUT2D eigenvalue weighted by Crippen LogP contribution is 2.13. The zero-order chi connectivity index (χ0) is 8.27. The van der Waals surface area contributed by atoms with Gasteiger partial charge in [-0.15, -0.1) is 11.6 Å². The highest BCUT2D eigenvalue weighted by atomic mass is 35.5. The number of Topliss-reactive ketones (excluding diaryl/α,β-unsaturated/α-hetero) is 1. The van der Waals surface area contributed by atoms with Crippen molar-refractivity contribution < 1.29 is 4.79 Å². The van der Waals surface area contributed by atoms with E-state index in [0.29, 0.717) is 0 Å². The minimum atomic E-state index is 0.0116. The van der Waals surface area contributed by atoms with Gasteiger partial charge in [0, 0.05) is 7.05 Å². The first-order valence-corrected chi connectivity index (χ1v) is 4.26. The van der Waals surface area contributed by atoms with Crippen LogP contribution >= 0.6 is 11.6 Å². The number of ketones is 1. The molecular weight excluding hydrogens is 162 g/mol. The van der Waals surface area contributed by atoms with Crippen LogP contribution in [-0.2, 0) is 4.79 Å². The molecule has 2 nitrogen and oxygen atoms in total. The maximum absolute atomic E-state index is 11.2. The van der Waals surface area contributed by atoms with E-state index in [1.165, 1.54) is 0 Å². The lowest BCUT2D eigenvalue weighted by Crippen LogP contribution is -2.37. The molecule has 0 saturated carbocycles. The van der Waals surface area contributed by atoms with Gasteiger partial charge in [0.15, 0.2) is 5.78 Å². The van der Waals surface area contributed by atoms with E-state index >= 15 is 0 Å². The van der Waals surface area contributed by atoms with Crippen LogP contribution in [0.1, 0.15) is 12.8 Å². The Morgan fingerprint density at radius 3 is 3.09 bits per heavy atom. The number of carbonyl (C=O) groups is 1. The number of nitrogens with zero attached hydrogens (tertiary/aromatic N) is 1. The zero-order valence-corrected chi connectivity index (χ0v) is 7.34. The molecule has 1 aliphatic heterocycles. The number of hydrogen-bond donors (Lipinski definition) is 0. The molecule has 0 N–H and O–H groups in total. The Kier molecular flexibility index (Phi) is 2.94. The minimum Gasteiger partial charge on any atom is -0.371 e. The summed E-state index contributed by atoms with van der Waals surface area (Å²) in [6.45, 7) is 0. The van der Waals surface area contributed by atoms with Crippen molar-refractivity contribution in [3.05, 3.63) is 12.3 Å². The van der Waals surface area contributed by atoms with Gasteiger partial charge in [0.1, 0.15) is 0 Å². The van der Waals surface area contributed by atoms with Crippen LogP contribution in [0.25, 0.3) is 0 Å². The molecule has 11 heavy (non-hydrogen) atoms. The molecule has 3 heteroatoms. The fraction of sp³-hybridized carbons (Fsp3) is 0.625. The van der Waals surface area contributed by atoms with Crippen LogP contribution in [0.5, 0.6) is 0 Å². The van der Waals surface area contributed by atoms with E-state index in [9.17, 15) is 4.79 Å². The Labute approximate surface area is 71.8 Å². The molecule has 1 unspecified atom stereocenters. The molecule has 0 aromatic rings. The Morgan fingerprint density at radius 2 is 2.55 bits per heavy atom. The number of likely N-dealkylation sites (N-methyl/N-ethyl adjacent to an activating group) is 1. The topological polar surface area (TPSA) is 20.3 Å². The molecule has 0 bridgehead atoms. The maximum Gasteiger partial charge on any atom is 0.169 e. The molecule has 1 aliphatic rings. The van der Waals surface area contributed by atoms with Crippen LogP contribution in [0.15, 0.2) is 12.3 Å². The number of hydrogen-bond acceptors (Lipinski definition) is 2. The summed E-state index contributed by atoms with van der Waals surface area (Å²) in [4.78, 5) is 13.1. The average Bonchev–Trinajstić information content (AvgIpc) is 2.04. The molecule has 0 radical (unpaired) electrons. The van der Waals surface area contributed by atoms with Crippen LogP contribution in [0.4, 0.5) is 0 Å². The van der Waals surface area contributed by atoms with Crippen molar-refractivity contribution in [2.45, 2.75) is 18.9 Å². The molecule has 0 spiro atoms. The second-order valence-electron chi connectivity index (χ2n) is 2.74. The number of halogens is 1. The summed E-state index contributed by atoms with van der Waals surface area (Å²) in [5, 5.41) is 0. The van der Waals surface area contributed by atoms with Gasteiger partial charge in [0.25, 0.3) is 0 Å². The van der Waals surface area contributed by atoms with E-state index in [0.717, 1.165) is 12.8 Å². The second kappa shape index (κ2) is 3.77. The van der Waals surface area contributed by atoms with Crippen molar-refractivity contribution in [1.82, 2.24) is 4.90 Å². The highest BCUT2D eigenvalue weighted by Gasteiger charge is 2.21. The van der Waals surface area contributed by atoms with E-state index in [4.69, 9.17) is 11.6 Å². The minimum absolute atomic E-state index is 0.0116. The molecule has 1 heterocycles. The van der Waals surface area contributed by atoms with Gasteiger partial charge in [-0.05, 0) is 19.0 Å². The first kappa shape index (κ1) is 8.60. The lowest BCUT2D eigenvalue weighted by Gasteiger charge is -2.27. The predicted octanol–water partition coefficient (Wildman–Crippen LogP) is 1.40. The number of allylic oxidation sites excluding steroid dienone is 1. The molecule has 1 atom stereocenters. The van der Waals surface area contributed by atoms with E-state index < -0.39 is 0 Å². The maximum atomic E-state index is 11.2. The standard InChI is InChI=1S/C8H12ClNO/c1-10-5-3-2-4-7(10)8(11)6-9/h3,5,7H,2,4,6H2,1H3. The van der Waals surface area contributed by atoms with Crippen LogP contribution in [0.3, 0.4) is 0 Å².